The highest BCUT2D eigenvalue weighted by Crippen LogP contribution is 2.24. The van der Waals surface area contributed by atoms with Crippen molar-refractivity contribution in [1.29, 1.82) is 5.26 Å². The average molecular weight is 499 g/mol. The highest BCUT2D eigenvalue weighted by molar-refractivity contribution is 5.83. The standard InChI is InChI=1S/C32H38N2O3/c1-2-3-7-20-34-25-29-16-19-31(23-32(29)35)37-22-9-6-4-5-8-21-36-30-17-14-28(15-18-30)27-12-10-26(24-33)11-13-27/h10-19,23,25,35H,2-9,20-22H2,1H3. The van der Waals surface area contributed by atoms with Gasteiger partial charge in [0.1, 0.15) is 17.2 Å². The molecule has 194 valence electrons. The Hall–Kier alpha value is -3.78. The maximum absolute atomic E-state index is 10.2. The second kappa shape index (κ2) is 16.1. The summed E-state index contributed by atoms with van der Waals surface area (Å²) in [6, 6.07) is 23.2. The number of benzene rings is 3. The topological polar surface area (TPSA) is 74.8 Å². The van der Waals surface area contributed by atoms with Gasteiger partial charge >= 0.3 is 0 Å². The number of rotatable bonds is 16. The van der Waals surface area contributed by atoms with E-state index in [0.717, 1.165) is 67.5 Å². The average Bonchev–Trinajstić information content (AvgIpc) is 2.93. The molecule has 0 unspecified atom stereocenters. The molecular weight excluding hydrogens is 460 g/mol. The predicted octanol–water partition coefficient (Wildman–Crippen LogP) is 7.95. The SMILES string of the molecule is CCCCCN=Cc1ccc(OCCCCCCCOc2ccc(-c3ccc(C#N)cc3)cc2)cc1O. The van der Waals surface area contributed by atoms with Gasteiger partial charge in [0, 0.05) is 24.4 Å². The summed E-state index contributed by atoms with van der Waals surface area (Å²) in [5, 5.41) is 19.1. The number of hydrogen-bond donors (Lipinski definition) is 1. The van der Waals surface area contributed by atoms with E-state index in [1.807, 2.05) is 60.7 Å². The van der Waals surface area contributed by atoms with Crippen molar-refractivity contribution in [3.05, 3.63) is 77.9 Å². The highest BCUT2D eigenvalue weighted by Gasteiger charge is 2.03. The molecule has 0 aliphatic heterocycles. The Morgan fingerprint density at radius 2 is 1.35 bits per heavy atom. The van der Waals surface area contributed by atoms with Crippen molar-refractivity contribution in [2.75, 3.05) is 19.8 Å². The Morgan fingerprint density at radius 1 is 0.757 bits per heavy atom. The van der Waals surface area contributed by atoms with E-state index in [1.54, 1.807) is 12.3 Å². The lowest BCUT2D eigenvalue weighted by Crippen LogP contribution is -1.99. The molecule has 0 saturated heterocycles. The van der Waals surface area contributed by atoms with E-state index in [4.69, 9.17) is 14.7 Å². The minimum atomic E-state index is 0.209. The van der Waals surface area contributed by atoms with Gasteiger partial charge in [-0.05, 0) is 66.8 Å². The van der Waals surface area contributed by atoms with Crippen LogP contribution in [0.25, 0.3) is 11.1 Å². The van der Waals surface area contributed by atoms with Crippen LogP contribution in [0.4, 0.5) is 0 Å². The first kappa shape index (κ1) is 27.8. The molecule has 0 amide bonds. The molecule has 0 heterocycles. The molecule has 0 radical (unpaired) electrons. The van der Waals surface area contributed by atoms with E-state index in [-0.39, 0.29) is 5.75 Å². The zero-order valence-corrected chi connectivity index (χ0v) is 21.9. The Labute approximate surface area is 221 Å². The van der Waals surface area contributed by atoms with Crippen molar-refractivity contribution >= 4 is 6.21 Å². The monoisotopic (exact) mass is 498 g/mol. The number of nitrogens with zero attached hydrogens (tertiary/aromatic N) is 2. The summed E-state index contributed by atoms with van der Waals surface area (Å²) in [6.45, 7) is 4.32. The summed E-state index contributed by atoms with van der Waals surface area (Å²) in [7, 11) is 0. The molecule has 0 spiro atoms. The van der Waals surface area contributed by atoms with E-state index in [0.29, 0.717) is 24.5 Å². The first-order valence-corrected chi connectivity index (χ1v) is 13.4. The van der Waals surface area contributed by atoms with E-state index < -0.39 is 0 Å². The van der Waals surface area contributed by atoms with Gasteiger partial charge in [-0.25, -0.2) is 0 Å². The molecule has 5 nitrogen and oxygen atoms in total. The molecule has 1 N–H and O–H groups in total. The third kappa shape index (κ3) is 10.0. The fraction of sp³-hybridized carbons (Fsp3) is 0.375. The van der Waals surface area contributed by atoms with Crippen LogP contribution in [-0.2, 0) is 0 Å². The normalized spacial score (nSPS) is 10.9. The number of phenolic OH excluding ortho intramolecular Hbond substituents is 1. The molecule has 0 aromatic heterocycles. The van der Waals surface area contributed by atoms with Crippen molar-refractivity contribution in [3.8, 4) is 34.4 Å². The molecule has 0 atom stereocenters. The van der Waals surface area contributed by atoms with Crippen LogP contribution in [0.5, 0.6) is 17.2 Å². The molecule has 3 rings (SSSR count). The van der Waals surface area contributed by atoms with Crippen molar-refractivity contribution in [2.24, 2.45) is 4.99 Å². The van der Waals surface area contributed by atoms with E-state index >= 15 is 0 Å². The lowest BCUT2D eigenvalue weighted by molar-refractivity contribution is 0.293. The van der Waals surface area contributed by atoms with Gasteiger partial charge in [0.15, 0.2) is 0 Å². The molecule has 0 aliphatic carbocycles. The summed E-state index contributed by atoms with van der Waals surface area (Å²) in [4.78, 5) is 4.38. The third-order valence-electron chi connectivity index (χ3n) is 6.15. The van der Waals surface area contributed by atoms with Crippen LogP contribution < -0.4 is 9.47 Å². The summed E-state index contributed by atoms with van der Waals surface area (Å²) in [5.41, 5.74) is 3.59. The summed E-state index contributed by atoms with van der Waals surface area (Å²) >= 11 is 0. The van der Waals surface area contributed by atoms with Crippen molar-refractivity contribution in [1.82, 2.24) is 0 Å². The number of nitriles is 1. The van der Waals surface area contributed by atoms with Gasteiger partial charge < -0.3 is 14.6 Å². The molecule has 3 aromatic carbocycles. The van der Waals surface area contributed by atoms with Gasteiger partial charge in [0.25, 0.3) is 0 Å². The van der Waals surface area contributed by atoms with Crippen molar-refractivity contribution < 1.29 is 14.6 Å². The van der Waals surface area contributed by atoms with Crippen LogP contribution in [0, 0.1) is 11.3 Å². The predicted molar refractivity (Wildman–Crippen MR) is 151 cm³/mol. The molecule has 0 fully saturated rings. The van der Waals surface area contributed by atoms with Gasteiger partial charge in [0.2, 0.25) is 0 Å². The van der Waals surface area contributed by atoms with E-state index in [1.165, 1.54) is 12.8 Å². The Bertz CT molecular complexity index is 1130. The number of phenols is 1. The summed E-state index contributed by atoms with van der Waals surface area (Å²) in [6.07, 6.45) is 10.6. The minimum Gasteiger partial charge on any atom is -0.507 e. The first-order chi connectivity index (χ1) is 18.2. The molecule has 0 saturated carbocycles. The molecule has 37 heavy (non-hydrogen) atoms. The van der Waals surface area contributed by atoms with Gasteiger partial charge in [-0.15, -0.1) is 0 Å². The number of aliphatic imine (C=N–C) groups is 1. The second-order valence-electron chi connectivity index (χ2n) is 9.14. The number of aromatic hydroxyl groups is 1. The van der Waals surface area contributed by atoms with Crippen LogP contribution in [0.2, 0.25) is 0 Å². The molecule has 0 bridgehead atoms. The lowest BCUT2D eigenvalue weighted by atomic mass is 10.0. The van der Waals surface area contributed by atoms with E-state index in [9.17, 15) is 5.11 Å². The fourth-order valence-corrected chi connectivity index (χ4v) is 3.93. The van der Waals surface area contributed by atoms with Crippen LogP contribution in [0.3, 0.4) is 0 Å². The minimum absolute atomic E-state index is 0.209. The van der Waals surface area contributed by atoms with Crippen molar-refractivity contribution in [2.45, 2.75) is 58.3 Å². The smallest absolute Gasteiger partial charge is 0.128 e. The molecular formula is C32H38N2O3. The number of ether oxygens (including phenoxy) is 2. The van der Waals surface area contributed by atoms with Crippen LogP contribution in [0.15, 0.2) is 71.7 Å². The third-order valence-corrected chi connectivity index (χ3v) is 6.15. The maximum atomic E-state index is 10.2. The number of unbranched alkanes of at least 4 members (excludes halogenated alkanes) is 6. The molecule has 3 aromatic rings. The van der Waals surface area contributed by atoms with E-state index in [2.05, 4.69) is 18.0 Å². The van der Waals surface area contributed by atoms with Gasteiger partial charge in [-0.2, -0.15) is 5.26 Å². The van der Waals surface area contributed by atoms with Gasteiger partial charge in [0.05, 0.1) is 24.8 Å². The second-order valence-corrected chi connectivity index (χ2v) is 9.14. The fourth-order valence-electron chi connectivity index (χ4n) is 3.93. The maximum Gasteiger partial charge on any atom is 0.128 e. The van der Waals surface area contributed by atoms with Crippen LogP contribution in [-0.4, -0.2) is 31.1 Å². The number of hydrogen-bond acceptors (Lipinski definition) is 5. The van der Waals surface area contributed by atoms with Crippen LogP contribution >= 0.6 is 0 Å². The van der Waals surface area contributed by atoms with Crippen LogP contribution in [0.1, 0.15) is 69.4 Å². The summed E-state index contributed by atoms with van der Waals surface area (Å²) < 4.78 is 11.7. The van der Waals surface area contributed by atoms with Gasteiger partial charge in [-0.3, -0.25) is 4.99 Å². The quantitative estimate of drug-likeness (QED) is 0.161. The van der Waals surface area contributed by atoms with Crippen molar-refractivity contribution in [3.63, 3.8) is 0 Å². The Balaban J connectivity index is 1.24. The lowest BCUT2D eigenvalue weighted by Gasteiger charge is -2.09. The Kier molecular flexibility index (Phi) is 12.1. The Morgan fingerprint density at radius 3 is 1.97 bits per heavy atom. The van der Waals surface area contributed by atoms with Gasteiger partial charge in [-0.1, -0.05) is 63.3 Å². The molecule has 0 aliphatic rings. The zero-order chi connectivity index (χ0) is 26.1. The largest absolute Gasteiger partial charge is 0.507 e. The highest BCUT2D eigenvalue weighted by atomic mass is 16.5. The molecule has 5 heteroatoms. The first-order valence-electron chi connectivity index (χ1n) is 13.4. The summed E-state index contributed by atoms with van der Waals surface area (Å²) in [5.74, 6) is 1.78. The zero-order valence-electron chi connectivity index (χ0n) is 21.9.